The van der Waals surface area contributed by atoms with Crippen LogP contribution in [-0.4, -0.2) is 21.5 Å². The van der Waals surface area contributed by atoms with Crippen molar-refractivity contribution >= 4 is 27.3 Å². The molecule has 0 radical (unpaired) electrons. The second-order valence-electron chi connectivity index (χ2n) is 5.27. The lowest BCUT2D eigenvalue weighted by Gasteiger charge is -2.01. The minimum Gasteiger partial charge on any atom is -0.341 e. The summed E-state index contributed by atoms with van der Waals surface area (Å²) in [6.45, 7) is 3.78. The molecule has 6 heteroatoms. The largest absolute Gasteiger partial charge is 0.341 e. The monoisotopic (exact) mass is 390 g/mol. The first-order valence-electron chi connectivity index (χ1n) is 7.68. The zero-order chi connectivity index (χ0) is 16.1. The summed E-state index contributed by atoms with van der Waals surface area (Å²) in [5.41, 5.74) is 3.34. The van der Waals surface area contributed by atoms with Crippen LogP contribution in [0.2, 0.25) is 0 Å². The Bertz CT molecular complexity index is 765. The molecule has 2 aromatic heterocycles. The minimum atomic E-state index is 0.735. The molecule has 1 aromatic carbocycles. The van der Waals surface area contributed by atoms with E-state index in [-0.39, 0.29) is 0 Å². The molecule has 0 saturated heterocycles. The van der Waals surface area contributed by atoms with Gasteiger partial charge >= 0.3 is 0 Å². The fraction of sp³-hybridized carbons (Fsp3) is 0.294. The predicted molar refractivity (Wildman–Crippen MR) is 98.6 cm³/mol. The highest BCUT2D eigenvalue weighted by atomic mass is 79.9. The first-order valence-corrected chi connectivity index (χ1v) is 9.35. The summed E-state index contributed by atoms with van der Waals surface area (Å²) in [5.74, 6) is 0.951. The number of benzene rings is 1. The van der Waals surface area contributed by atoms with Crippen molar-refractivity contribution in [3.8, 4) is 11.3 Å². The van der Waals surface area contributed by atoms with Gasteiger partial charge in [-0.05, 0) is 18.6 Å². The van der Waals surface area contributed by atoms with Crippen LogP contribution < -0.4 is 5.32 Å². The van der Waals surface area contributed by atoms with Crippen molar-refractivity contribution in [2.75, 3.05) is 6.54 Å². The lowest BCUT2D eigenvalue weighted by atomic mass is 10.2. The summed E-state index contributed by atoms with van der Waals surface area (Å²) in [6, 6.07) is 8.20. The summed E-state index contributed by atoms with van der Waals surface area (Å²) in [6.07, 6.45) is 3.85. The van der Waals surface area contributed by atoms with Gasteiger partial charge in [0.25, 0.3) is 0 Å². The molecule has 0 bridgehead atoms. The Morgan fingerprint density at radius 1 is 1.35 bits per heavy atom. The third kappa shape index (κ3) is 4.50. The Morgan fingerprint density at radius 2 is 2.26 bits per heavy atom. The van der Waals surface area contributed by atoms with Crippen molar-refractivity contribution in [1.82, 2.24) is 20.3 Å². The highest BCUT2D eigenvalue weighted by molar-refractivity contribution is 9.10. The zero-order valence-corrected chi connectivity index (χ0v) is 15.4. The standard InChI is InChI=1S/C17H19BrN4S/c1-2-17-21-14(11-23-17)6-7-19-10-16-20-9-15(22-16)12-4-3-5-13(18)8-12/h3-5,8-9,11,19H,2,6-7,10H2,1H3,(H,20,22). The van der Waals surface area contributed by atoms with Crippen molar-refractivity contribution in [3.05, 3.63) is 56.8 Å². The van der Waals surface area contributed by atoms with E-state index < -0.39 is 0 Å². The molecule has 23 heavy (non-hydrogen) atoms. The first-order chi connectivity index (χ1) is 11.2. The Kier molecular flexibility index (Phi) is 5.59. The van der Waals surface area contributed by atoms with Crippen molar-refractivity contribution in [1.29, 1.82) is 0 Å². The molecule has 0 unspecified atom stereocenters. The molecule has 0 aliphatic carbocycles. The van der Waals surface area contributed by atoms with Crippen LogP contribution in [0.5, 0.6) is 0 Å². The molecular weight excluding hydrogens is 372 g/mol. The highest BCUT2D eigenvalue weighted by Gasteiger charge is 2.04. The summed E-state index contributed by atoms with van der Waals surface area (Å²) < 4.78 is 1.07. The van der Waals surface area contributed by atoms with Gasteiger partial charge in [0.15, 0.2) is 0 Å². The van der Waals surface area contributed by atoms with Crippen LogP contribution in [0, 0.1) is 0 Å². The number of nitrogens with zero attached hydrogens (tertiary/aromatic N) is 2. The average Bonchev–Trinajstić information content (AvgIpc) is 3.21. The summed E-state index contributed by atoms with van der Waals surface area (Å²) >= 11 is 5.24. The van der Waals surface area contributed by atoms with E-state index in [1.165, 1.54) is 10.7 Å². The van der Waals surface area contributed by atoms with Crippen LogP contribution in [-0.2, 0) is 19.4 Å². The molecule has 2 heterocycles. The van der Waals surface area contributed by atoms with Crippen LogP contribution in [0.15, 0.2) is 40.3 Å². The number of nitrogens with one attached hydrogen (secondary N) is 2. The average molecular weight is 391 g/mol. The predicted octanol–water partition coefficient (Wildman–Crippen LogP) is 4.19. The lowest BCUT2D eigenvalue weighted by molar-refractivity contribution is 0.660. The van der Waals surface area contributed by atoms with Gasteiger partial charge in [-0.3, -0.25) is 0 Å². The molecule has 0 aliphatic heterocycles. The van der Waals surface area contributed by atoms with E-state index in [0.717, 1.165) is 47.5 Å². The third-order valence-electron chi connectivity index (χ3n) is 3.52. The van der Waals surface area contributed by atoms with Gasteiger partial charge in [-0.2, -0.15) is 0 Å². The normalized spacial score (nSPS) is 11.0. The fourth-order valence-electron chi connectivity index (χ4n) is 2.30. The molecule has 0 aliphatic rings. The van der Waals surface area contributed by atoms with Gasteiger partial charge in [0.1, 0.15) is 5.82 Å². The molecule has 0 saturated carbocycles. The molecular formula is C17H19BrN4S. The molecule has 0 spiro atoms. The number of aryl methyl sites for hydroxylation is 1. The van der Waals surface area contributed by atoms with Gasteiger partial charge in [0.05, 0.1) is 29.1 Å². The van der Waals surface area contributed by atoms with E-state index in [9.17, 15) is 0 Å². The van der Waals surface area contributed by atoms with Gasteiger partial charge in [-0.25, -0.2) is 9.97 Å². The zero-order valence-electron chi connectivity index (χ0n) is 13.0. The van der Waals surface area contributed by atoms with E-state index >= 15 is 0 Å². The molecule has 0 atom stereocenters. The summed E-state index contributed by atoms with van der Waals surface area (Å²) in [5, 5.41) is 6.78. The van der Waals surface area contributed by atoms with Crippen molar-refractivity contribution in [2.24, 2.45) is 0 Å². The maximum atomic E-state index is 4.58. The van der Waals surface area contributed by atoms with Gasteiger partial charge in [0.2, 0.25) is 0 Å². The second kappa shape index (κ2) is 7.86. The Balaban J connectivity index is 1.49. The van der Waals surface area contributed by atoms with E-state index in [0.29, 0.717) is 0 Å². The van der Waals surface area contributed by atoms with E-state index in [4.69, 9.17) is 0 Å². The molecule has 3 aromatic rings. The van der Waals surface area contributed by atoms with Gasteiger partial charge in [-0.15, -0.1) is 11.3 Å². The van der Waals surface area contributed by atoms with Crippen LogP contribution >= 0.6 is 27.3 Å². The number of rotatable bonds is 7. The Hall–Kier alpha value is -1.50. The summed E-state index contributed by atoms with van der Waals surface area (Å²) in [4.78, 5) is 12.4. The minimum absolute atomic E-state index is 0.735. The molecule has 0 amide bonds. The molecule has 4 nitrogen and oxygen atoms in total. The molecule has 2 N–H and O–H groups in total. The number of aromatic nitrogens is 3. The second-order valence-corrected chi connectivity index (χ2v) is 7.13. The van der Waals surface area contributed by atoms with Crippen molar-refractivity contribution in [2.45, 2.75) is 26.3 Å². The highest BCUT2D eigenvalue weighted by Crippen LogP contribution is 2.21. The quantitative estimate of drug-likeness (QED) is 0.594. The van der Waals surface area contributed by atoms with E-state index in [1.54, 1.807) is 11.3 Å². The van der Waals surface area contributed by atoms with Gasteiger partial charge in [-0.1, -0.05) is 35.0 Å². The number of halogens is 1. The summed E-state index contributed by atoms with van der Waals surface area (Å²) in [7, 11) is 0. The van der Waals surface area contributed by atoms with Crippen LogP contribution in [0.3, 0.4) is 0 Å². The van der Waals surface area contributed by atoms with Crippen molar-refractivity contribution < 1.29 is 0 Å². The number of thiazole rings is 1. The van der Waals surface area contributed by atoms with Crippen LogP contribution in [0.1, 0.15) is 23.4 Å². The Labute approximate surface area is 148 Å². The number of imidazole rings is 1. The topological polar surface area (TPSA) is 53.6 Å². The fourth-order valence-corrected chi connectivity index (χ4v) is 3.48. The van der Waals surface area contributed by atoms with Crippen LogP contribution in [0.25, 0.3) is 11.3 Å². The molecule has 120 valence electrons. The lowest BCUT2D eigenvalue weighted by Crippen LogP contribution is -2.17. The third-order valence-corrected chi connectivity index (χ3v) is 5.05. The SMILES string of the molecule is CCc1nc(CCNCc2ncc(-c3cccc(Br)c3)[nH]2)cs1. The number of H-pyrrole nitrogens is 1. The maximum Gasteiger partial charge on any atom is 0.120 e. The molecule has 0 fully saturated rings. The number of hydrogen-bond acceptors (Lipinski definition) is 4. The molecule has 3 rings (SSSR count). The van der Waals surface area contributed by atoms with Crippen molar-refractivity contribution in [3.63, 3.8) is 0 Å². The maximum absolute atomic E-state index is 4.58. The van der Waals surface area contributed by atoms with Gasteiger partial charge in [0, 0.05) is 28.4 Å². The van der Waals surface area contributed by atoms with Crippen LogP contribution in [0.4, 0.5) is 0 Å². The Morgan fingerprint density at radius 3 is 3.04 bits per heavy atom. The van der Waals surface area contributed by atoms with E-state index in [1.807, 2.05) is 18.3 Å². The van der Waals surface area contributed by atoms with E-state index in [2.05, 4.69) is 60.6 Å². The first kappa shape index (κ1) is 16.4. The number of hydrogen-bond donors (Lipinski definition) is 2. The van der Waals surface area contributed by atoms with Gasteiger partial charge < -0.3 is 10.3 Å². The number of aromatic amines is 1. The smallest absolute Gasteiger partial charge is 0.120 e.